The smallest absolute Gasteiger partial charge is 0.274 e. The molecule has 2 fully saturated rings. The second-order valence-corrected chi connectivity index (χ2v) is 7.26. The Kier molecular flexibility index (Phi) is 5.21. The van der Waals surface area contributed by atoms with E-state index in [1.807, 2.05) is 18.7 Å². The van der Waals surface area contributed by atoms with Crippen molar-refractivity contribution in [1.82, 2.24) is 15.4 Å². The lowest BCUT2D eigenvalue weighted by Gasteiger charge is -2.39. The molecule has 1 saturated heterocycles. The third-order valence-corrected chi connectivity index (χ3v) is 5.12. The minimum absolute atomic E-state index is 0.0640. The molecule has 1 atom stereocenters. The van der Waals surface area contributed by atoms with Gasteiger partial charge in [0.15, 0.2) is 5.69 Å². The van der Waals surface area contributed by atoms with Gasteiger partial charge in [-0.25, -0.2) is 0 Å². The van der Waals surface area contributed by atoms with Crippen molar-refractivity contribution >= 4 is 11.8 Å². The molecular formula is C18H27N3O3. The lowest BCUT2D eigenvalue weighted by atomic mass is 9.91. The number of carbonyl (C=O) groups excluding carboxylic acids is 2. The summed E-state index contributed by atoms with van der Waals surface area (Å²) in [6.07, 6.45) is 7.47. The fraction of sp³-hybridized carbons (Fsp3) is 0.722. The van der Waals surface area contributed by atoms with E-state index in [4.69, 9.17) is 4.52 Å². The maximum Gasteiger partial charge on any atom is 0.274 e. The average Bonchev–Trinajstić information content (AvgIpc) is 3.08. The van der Waals surface area contributed by atoms with Crippen LogP contribution in [-0.4, -0.2) is 40.5 Å². The molecule has 0 unspecified atom stereocenters. The van der Waals surface area contributed by atoms with Crippen molar-refractivity contribution in [2.45, 2.75) is 76.8 Å². The van der Waals surface area contributed by atoms with Gasteiger partial charge in [0.05, 0.1) is 0 Å². The highest BCUT2D eigenvalue weighted by molar-refractivity contribution is 5.96. The minimum atomic E-state index is -0.438. The van der Waals surface area contributed by atoms with Gasteiger partial charge >= 0.3 is 0 Å². The van der Waals surface area contributed by atoms with Crippen LogP contribution in [0.4, 0.5) is 0 Å². The third-order valence-electron chi connectivity index (χ3n) is 5.12. The number of hydrogen-bond acceptors (Lipinski definition) is 4. The Hall–Kier alpha value is -1.85. The minimum Gasteiger partial charge on any atom is -0.360 e. The lowest BCUT2D eigenvalue weighted by Crippen LogP contribution is -2.55. The molecule has 0 spiro atoms. The quantitative estimate of drug-likeness (QED) is 0.919. The van der Waals surface area contributed by atoms with Gasteiger partial charge < -0.3 is 14.7 Å². The summed E-state index contributed by atoms with van der Waals surface area (Å²) in [6, 6.07) is 1.57. The molecule has 1 N–H and O–H groups in total. The van der Waals surface area contributed by atoms with Crippen LogP contribution in [0.15, 0.2) is 10.6 Å². The number of carbonyl (C=O) groups is 2. The first-order valence-corrected chi connectivity index (χ1v) is 9.14. The number of rotatable bonds is 4. The Labute approximate surface area is 142 Å². The van der Waals surface area contributed by atoms with E-state index in [0.29, 0.717) is 18.2 Å². The molecule has 2 heterocycles. The summed E-state index contributed by atoms with van der Waals surface area (Å²) < 4.78 is 5.17. The fourth-order valence-corrected chi connectivity index (χ4v) is 3.69. The van der Waals surface area contributed by atoms with Crippen molar-refractivity contribution in [3.63, 3.8) is 0 Å². The zero-order valence-electron chi connectivity index (χ0n) is 14.6. The molecule has 1 aliphatic carbocycles. The molecule has 0 radical (unpaired) electrons. The van der Waals surface area contributed by atoms with Crippen LogP contribution in [0.3, 0.4) is 0 Å². The Balaban J connectivity index is 1.63. The molecular weight excluding hydrogens is 306 g/mol. The molecule has 1 aromatic heterocycles. The second kappa shape index (κ2) is 7.36. The van der Waals surface area contributed by atoms with Crippen LogP contribution >= 0.6 is 0 Å². The monoisotopic (exact) mass is 333 g/mol. The highest BCUT2D eigenvalue weighted by Gasteiger charge is 2.34. The standard InChI is InChI=1S/C18H27N3O3/c1-12(2)16-11-15(20-24-16)17(22)19-14-9-6-10-21(18(14)23)13-7-4-3-5-8-13/h11-14H,3-10H2,1-2H3,(H,19,22)/t14-/m1/s1. The van der Waals surface area contributed by atoms with Crippen LogP contribution in [0.1, 0.15) is 81.0 Å². The molecule has 0 bridgehead atoms. The van der Waals surface area contributed by atoms with Gasteiger partial charge in [0.2, 0.25) is 5.91 Å². The number of nitrogens with zero attached hydrogens (tertiary/aromatic N) is 2. The summed E-state index contributed by atoms with van der Waals surface area (Å²) in [5, 5.41) is 6.68. The van der Waals surface area contributed by atoms with Crippen molar-refractivity contribution in [3.8, 4) is 0 Å². The van der Waals surface area contributed by atoms with Crippen molar-refractivity contribution in [1.29, 1.82) is 0 Å². The van der Waals surface area contributed by atoms with Crippen LogP contribution in [0.25, 0.3) is 0 Å². The van der Waals surface area contributed by atoms with E-state index in [2.05, 4.69) is 10.5 Å². The first-order chi connectivity index (χ1) is 11.6. The van der Waals surface area contributed by atoms with Gasteiger partial charge in [0, 0.05) is 24.6 Å². The zero-order valence-corrected chi connectivity index (χ0v) is 14.6. The van der Waals surface area contributed by atoms with E-state index in [-0.39, 0.29) is 23.4 Å². The number of hydrogen-bond donors (Lipinski definition) is 1. The number of likely N-dealkylation sites (tertiary alicyclic amines) is 1. The molecule has 1 aliphatic heterocycles. The van der Waals surface area contributed by atoms with Crippen molar-refractivity contribution < 1.29 is 14.1 Å². The molecule has 24 heavy (non-hydrogen) atoms. The van der Waals surface area contributed by atoms with Crippen molar-refractivity contribution in [2.24, 2.45) is 0 Å². The molecule has 2 aliphatic rings. The third kappa shape index (κ3) is 3.62. The number of piperidine rings is 1. The topological polar surface area (TPSA) is 75.4 Å². The predicted molar refractivity (Wildman–Crippen MR) is 89.7 cm³/mol. The van der Waals surface area contributed by atoms with E-state index in [1.165, 1.54) is 19.3 Å². The van der Waals surface area contributed by atoms with E-state index >= 15 is 0 Å². The van der Waals surface area contributed by atoms with Gasteiger partial charge in [-0.15, -0.1) is 0 Å². The second-order valence-electron chi connectivity index (χ2n) is 7.26. The van der Waals surface area contributed by atoms with E-state index < -0.39 is 6.04 Å². The Morgan fingerprint density at radius 2 is 2.00 bits per heavy atom. The highest BCUT2D eigenvalue weighted by Crippen LogP contribution is 2.26. The zero-order chi connectivity index (χ0) is 17.1. The summed E-state index contributed by atoms with van der Waals surface area (Å²) in [7, 11) is 0. The molecule has 2 amide bonds. The van der Waals surface area contributed by atoms with Crippen LogP contribution < -0.4 is 5.32 Å². The van der Waals surface area contributed by atoms with Gasteiger partial charge in [0.25, 0.3) is 5.91 Å². The molecule has 0 aromatic carbocycles. The summed E-state index contributed by atoms with van der Waals surface area (Å²) in [6.45, 7) is 4.78. The molecule has 3 rings (SSSR count). The van der Waals surface area contributed by atoms with E-state index in [9.17, 15) is 9.59 Å². The molecule has 132 valence electrons. The number of amides is 2. The summed E-state index contributed by atoms with van der Waals surface area (Å²) in [5.74, 6) is 0.597. The largest absolute Gasteiger partial charge is 0.360 e. The van der Waals surface area contributed by atoms with Gasteiger partial charge in [-0.3, -0.25) is 9.59 Å². The summed E-state index contributed by atoms with van der Waals surface area (Å²) in [5.41, 5.74) is 0.251. The number of nitrogens with one attached hydrogen (secondary N) is 1. The van der Waals surface area contributed by atoms with Gasteiger partial charge in [-0.2, -0.15) is 0 Å². The van der Waals surface area contributed by atoms with Gasteiger partial charge in [-0.05, 0) is 25.7 Å². The maximum atomic E-state index is 12.8. The summed E-state index contributed by atoms with van der Waals surface area (Å²) >= 11 is 0. The van der Waals surface area contributed by atoms with E-state index in [1.54, 1.807) is 6.07 Å². The summed E-state index contributed by atoms with van der Waals surface area (Å²) in [4.78, 5) is 27.1. The first-order valence-electron chi connectivity index (χ1n) is 9.14. The van der Waals surface area contributed by atoms with E-state index in [0.717, 1.165) is 25.8 Å². The maximum absolute atomic E-state index is 12.8. The molecule has 6 nitrogen and oxygen atoms in total. The normalized spacial score (nSPS) is 22.9. The van der Waals surface area contributed by atoms with Crippen LogP contribution in [0, 0.1) is 0 Å². The SMILES string of the molecule is CC(C)c1cc(C(=O)N[C@@H]2CCCN(C3CCCCC3)C2=O)no1. The van der Waals surface area contributed by atoms with Crippen molar-refractivity contribution in [3.05, 3.63) is 17.5 Å². The van der Waals surface area contributed by atoms with Crippen LogP contribution in [-0.2, 0) is 4.79 Å². The Morgan fingerprint density at radius 1 is 1.25 bits per heavy atom. The lowest BCUT2D eigenvalue weighted by molar-refractivity contribution is -0.139. The predicted octanol–water partition coefficient (Wildman–Crippen LogP) is 2.85. The fourth-order valence-electron chi connectivity index (χ4n) is 3.69. The highest BCUT2D eigenvalue weighted by atomic mass is 16.5. The Morgan fingerprint density at radius 3 is 2.67 bits per heavy atom. The first kappa shape index (κ1) is 17.0. The van der Waals surface area contributed by atoms with Gasteiger partial charge in [0.1, 0.15) is 11.8 Å². The van der Waals surface area contributed by atoms with Crippen molar-refractivity contribution in [2.75, 3.05) is 6.54 Å². The molecule has 1 aromatic rings. The Bertz CT molecular complexity index is 590. The molecule has 1 saturated carbocycles. The average molecular weight is 333 g/mol. The number of aromatic nitrogens is 1. The molecule has 6 heteroatoms. The van der Waals surface area contributed by atoms with Crippen LogP contribution in [0.5, 0.6) is 0 Å². The van der Waals surface area contributed by atoms with Gasteiger partial charge in [-0.1, -0.05) is 38.3 Å². The van der Waals surface area contributed by atoms with Crippen LogP contribution in [0.2, 0.25) is 0 Å².